The Balaban J connectivity index is 1.76. The summed E-state index contributed by atoms with van der Waals surface area (Å²) in [6.07, 6.45) is 0. The molecule has 0 aliphatic carbocycles. The zero-order valence-electron chi connectivity index (χ0n) is 10.4. The maximum absolute atomic E-state index is 11.7. The van der Waals surface area contributed by atoms with E-state index >= 15 is 0 Å². The van der Waals surface area contributed by atoms with E-state index < -0.39 is 16.7 Å². The number of carbonyl (C=O) groups is 1. The van der Waals surface area contributed by atoms with Gasteiger partial charge in [0.25, 0.3) is 5.91 Å². The lowest BCUT2D eigenvalue weighted by molar-refractivity contribution is -0.402. The standard InChI is InChI=1S/C13H12N2O4S/c16-13(11-6-7-12(19-11)15(17)18)14-8-9-20-10-4-2-1-3-5-10/h1-7H,8-9H2,(H,14,16). The van der Waals surface area contributed by atoms with E-state index in [1.54, 1.807) is 11.8 Å². The fourth-order valence-corrected chi connectivity index (χ4v) is 2.27. The Bertz CT molecular complexity index is 597. The molecule has 1 aromatic carbocycles. The maximum Gasteiger partial charge on any atom is 0.433 e. The molecule has 7 heteroatoms. The van der Waals surface area contributed by atoms with Crippen molar-refractivity contribution in [3.8, 4) is 0 Å². The van der Waals surface area contributed by atoms with Crippen molar-refractivity contribution < 1.29 is 14.1 Å². The average molecular weight is 292 g/mol. The Kier molecular flexibility index (Phi) is 4.78. The van der Waals surface area contributed by atoms with Gasteiger partial charge >= 0.3 is 5.88 Å². The maximum atomic E-state index is 11.7. The van der Waals surface area contributed by atoms with E-state index in [4.69, 9.17) is 4.42 Å². The highest BCUT2D eigenvalue weighted by Gasteiger charge is 2.16. The number of nitro groups is 1. The van der Waals surface area contributed by atoms with Crippen LogP contribution >= 0.6 is 11.8 Å². The second-order valence-corrected chi connectivity index (χ2v) is 4.98. The molecule has 0 bridgehead atoms. The molecule has 0 saturated heterocycles. The van der Waals surface area contributed by atoms with E-state index in [9.17, 15) is 14.9 Å². The van der Waals surface area contributed by atoms with E-state index in [0.717, 1.165) is 11.0 Å². The van der Waals surface area contributed by atoms with Crippen molar-refractivity contribution in [1.29, 1.82) is 0 Å². The van der Waals surface area contributed by atoms with Gasteiger partial charge in [0.2, 0.25) is 0 Å². The Hall–Kier alpha value is -2.28. The zero-order chi connectivity index (χ0) is 14.4. The first-order chi connectivity index (χ1) is 9.66. The second kappa shape index (κ2) is 6.76. The molecule has 104 valence electrons. The molecule has 1 aromatic heterocycles. The van der Waals surface area contributed by atoms with E-state index in [-0.39, 0.29) is 5.76 Å². The third-order valence-electron chi connectivity index (χ3n) is 2.40. The van der Waals surface area contributed by atoms with Crippen LogP contribution in [0.1, 0.15) is 10.6 Å². The van der Waals surface area contributed by atoms with Gasteiger partial charge in [-0.3, -0.25) is 14.9 Å². The van der Waals surface area contributed by atoms with E-state index in [1.807, 2.05) is 30.3 Å². The van der Waals surface area contributed by atoms with Crippen LogP contribution in [-0.2, 0) is 0 Å². The first-order valence-corrected chi connectivity index (χ1v) is 6.85. The molecule has 1 amide bonds. The number of nitrogens with one attached hydrogen (secondary N) is 1. The summed E-state index contributed by atoms with van der Waals surface area (Å²) in [5.74, 6) is -0.236. The molecule has 0 aliphatic heterocycles. The van der Waals surface area contributed by atoms with E-state index in [2.05, 4.69) is 5.32 Å². The summed E-state index contributed by atoms with van der Waals surface area (Å²) in [7, 11) is 0. The molecular weight excluding hydrogens is 280 g/mol. The molecule has 0 spiro atoms. The fourth-order valence-electron chi connectivity index (χ4n) is 1.49. The minimum Gasteiger partial charge on any atom is -0.395 e. The number of carbonyl (C=O) groups excluding carboxylic acids is 1. The average Bonchev–Trinajstić information content (AvgIpc) is 2.94. The van der Waals surface area contributed by atoms with Crippen molar-refractivity contribution >= 4 is 23.6 Å². The number of benzene rings is 1. The third-order valence-corrected chi connectivity index (χ3v) is 3.41. The highest BCUT2D eigenvalue weighted by molar-refractivity contribution is 7.99. The predicted octanol–water partition coefficient (Wildman–Crippen LogP) is 2.71. The van der Waals surface area contributed by atoms with Crippen LogP contribution in [0.3, 0.4) is 0 Å². The van der Waals surface area contributed by atoms with Gasteiger partial charge < -0.3 is 9.73 Å². The van der Waals surface area contributed by atoms with Gasteiger partial charge in [0.1, 0.15) is 4.92 Å². The van der Waals surface area contributed by atoms with Crippen LogP contribution in [-0.4, -0.2) is 23.1 Å². The van der Waals surface area contributed by atoms with Crippen LogP contribution in [0.5, 0.6) is 0 Å². The summed E-state index contributed by atoms with van der Waals surface area (Å²) < 4.78 is 4.80. The van der Waals surface area contributed by atoms with Crippen LogP contribution in [0.4, 0.5) is 5.88 Å². The third kappa shape index (κ3) is 3.86. The van der Waals surface area contributed by atoms with Crippen molar-refractivity contribution in [3.05, 3.63) is 58.3 Å². The smallest absolute Gasteiger partial charge is 0.395 e. The number of thioether (sulfide) groups is 1. The summed E-state index contributed by atoms with van der Waals surface area (Å²) >= 11 is 1.61. The summed E-state index contributed by atoms with van der Waals surface area (Å²) in [4.78, 5) is 22.5. The lowest BCUT2D eigenvalue weighted by atomic mass is 10.4. The first kappa shape index (κ1) is 14.1. The van der Waals surface area contributed by atoms with E-state index in [0.29, 0.717) is 12.3 Å². The molecule has 1 N–H and O–H groups in total. The molecule has 1 heterocycles. The minimum atomic E-state index is -0.679. The number of hydrogen-bond acceptors (Lipinski definition) is 5. The lowest BCUT2D eigenvalue weighted by Crippen LogP contribution is -2.25. The van der Waals surface area contributed by atoms with Crippen molar-refractivity contribution in [1.82, 2.24) is 5.32 Å². The zero-order valence-corrected chi connectivity index (χ0v) is 11.3. The number of amides is 1. The summed E-state index contributed by atoms with van der Waals surface area (Å²) in [5, 5.41) is 13.1. The van der Waals surface area contributed by atoms with Crippen molar-refractivity contribution in [2.45, 2.75) is 4.90 Å². The Labute approximate surface area is 119 Å². The molecule has 0 unspecified atom stereocenters. The lowest BCUT2D eigenvalue weighted by Gasteiger charge is -2.03. The molecule has 2 aromatic rings. The summed E-state index contributed by atoms with van der Waals surface area (Å²) in [6, 6.07) is 12.3. The Morgan fingerprint density at radius 1 is 1.25 bits per heavy atom. The molecule has 6 nitrogen and oxygen atoms in total. The van der Waals surface area contributed by atoms with Crippen molar-refractivity contribution in [3.63, 3.8) is 0 Å². The summed E-state index contributed by atoms with van der Waals surface area (Å²) in [6.45, 7) is 0.451. The van der Waals surface area contributed by atoms with Gasteiger partial charge in [-0.2, -0.15) is 0 Å². The van der Waals surface area contributed by atoms with Gasteiger partial charge in [-0.15, -0.1) is 11.8 Å². The van der Waals surface area contributed by atoms with Gasteiger partial charge in [0.15, 0.2) is 5.76 Å². The Morgan fingerprint density at radius 2 is 2.00 bits per heavy atom. The van der Waals surface area contributed by atoms with Crippen LogP contribution in [0.25, 0.3) is 0 Å². The van der Waals surface area contributed by atoms with Crippen LogP contribution in [0.2, 0.25) is 0 Å². The van der Waals surface area contributed by atoms with Gasteiger partial charge in [-0.05, 0) is 18.2 Å². The first-order valence-electron chi connectivity index (χ1n) is 5.87. The molecule has 0 aliphatic rings. The van der Waals surface area contributed by atoms with Crippen LogP contribution in [0, 0.1) is 10.1 Å². The molecule has 0 saturated carbocycles. The molecule has 0 radical (unpaired) electrons. The molecule has 20 heavy (non-hydrogen) atoms. The molecular formula is C13H12N2O4S. The van der Waals surface area contributed by atoms with Gasteiger partial charge in [-0.25, -0.2) is 0 Å². The van der Waals surface area contributed by atoms with Gasteiger partial charge in [0.05, 0.1) is 6.07 Å². The Morgan fingerprint density at radius 3 is 2.65 bits per heavy atom. The molecule has 2 rings (SSSR count). The predicted molar refractivity (Wildman–Crippen MR) is 74.9 cm³/mol. The SMILES string of the molecule is O=C(NCCSc1ccccc1)c1ccc([N+](=O)[O-])o1. The van der Waals surface area contributed by atoms with Crippen molar-refractivity contribution in [2.75, 3.05) is 12.3 Å². The second-order valence-electron chi connectivity index (χ2n) is 3.81. The topological polar surface area (TPSA) is 85.4 Å². The van der Waals surface area contributed by atoms with Crippen molar-refractivity contribution in [2.24, 2.45) is 0 Å². The van der Waals surface area contributed by atoms with Crippen LogP contribution in [0.15, 0.2) is 51.8 Å². The number of nitrogens with zero attached hydrogens (tertiary/aromatic N) is 1. The number of furan rings is 1. The summed E-state index contributed by atoms with van der Waals surface area (Å²) in [5.41, 5.74) is 0. The van der Waals surface area contributed by atoms with Crippen LogP contribution < -0.4 is 5.32 Å². The van der Waals surface area contributed by atoms with Gasteiger partial charge in [0, 0.05) is 17.2 Å². The minimum absolute atomic E-state index is 0.0542. The molecule has 0 fully saturated rings. The van der Waals surface area contributed by atoms with Gasteiger partial charge in [-0.1, -0.05) is 18.2 Å². The normalized spacial score (nSPS) is 10.2. The highest BCUT2D eigenvalue weighted by atomic mass is 32.2. The largest absolute Gasteiger partial charge is 0.433 e. The van der Waals surface area contributed by atoms with E-state index in [1.165, 1.54) is 6.07 Å². The monoisotopic (exact) mass is 292 g/mol. The number of rotatable bonds is 6. The quantitative estimate of drug-likeness (QED) is 0.383. The highest BCUT2D eigenvalue weighted by Crippen LogP contribution is 2.17. The molecule has 0 atom stereocenters. The number of hydrogen-bond donors (Lipinski definition) is 1. The fraction of sp³-hybridized carbons (Fsp3) is 0.154.